The molecule has 0 aliphatic rings. The Morgan fingerprint density at radius 3 is 1.53 bits per heavy atom. The molecule has 0 N–H and O–H groups in total. The summed E-state index contributed by atoms with van der Waals surface area (Å²) in [6.07, 6.45) is 0. The van der Waals surface area contributed by atoms with Crippen molar-refractivity contribution in [3.63, 3.8) is 0 Å². The maximum atomic E-state index is 2.51. The molecule has 12 aromatic rings. The van der Waals surface area contributed by atoms with Gasteiger partial charge in [0, 0.05) is 54.8 Å². The van der Waals surface area contributed by atoms with Crippen molar-refractivity contribution in [3.8, 4) is 39.3 Å². The number of fused-ring (bicyclic) bond motifs is 10. The van der Waals surface area contributed by atoms with Gasteiger partial charge in [-0.2, -0.15) is 0 Å². The molecule has 0 radical (unpaired) electrons. The molecule has 57 heavy (non-hydrogen) atoms. The smallest absolute Gasteiger partial charge is 0.0620 e. The highest BCUT2D eigenvalue weighted by atomic mass is 15.0. The van der Waals surface area contributed by atoms with Crippen molar-refractivity contribution in [2.45, 2.75) is 0 Å². The summed E-state index contributed by atoms with van der Waals surface area (Å²) in [5.74, 6) is 0. The average molecular weight is 726 g/mol. The SMILES string of the molecule is c1ccc(-c2ccc3c(c2)c2c4c5ccccc5n(-c5ccccc5)c4ccc2n3-c2ccccc2-c2cccc3c4ccccc4n(-c4ccccc4)c23)cc1. The van der Waals surface area contributed by atoms with Gasteiger partial charge in [0.2, 0.25) is 0 Å². The van der Waals surface area contributed by atoms with Crippen LogP contribution in [0, 0.1) is 0 Å². The summed E-state index contributed by atoms with van der Waals surface area (Å²) in [5.41, 5.74) is 15.4. The van der Waals surface area contributed by atoms with Crippen LogP contribution < -0.4 is 0 Å². The fraction of sp³-hybridized carbons (Fsp3) is 0. The minimum atomic E-state index is 1.15. The molecule has 3 heteroatoms. The van der Waals surface area contributed by atoms with E-state index in [1.165, 1.54) is 87.7 Å². The van der Waals surface area contributed by atoms with Crippen molar-refractivity contribution in [1.29, 1.82) is 0 Å². The van der Waals surface area contributed by atoms with Crippen molar-refractivity contribution in [3.05, 3.63) is 212 Å². The van der Waals surface area contributed by atoms with Gasteiger partial charge in [-0.3, -0.25) is 0 Å². The number of hydrogen-bond donors (Lipinski definition) is 0. The van der Waals surface area contributed by atoms with Gasteiger partial charge in [0.25, 0.3) is 0 Å². The third kappa shape index (κ3) is 4.66. The third-order valence-electron chi connectivity index (χ3n) is 11.8. The Bertz CT molecular complexity index is 3500. The number of aromatic nitrogens is 3. The number of nitrogens with zero attached hydrogens (tertiary/aromatic N) is 3. The molecule has 0 fully saturated rings. The second-order valence-electron chi connectivity index (χ2n) is 14.9. The Balaban J connectivity index is 1.22. The summed E-state index contributed by atoms with van der Waals surface area (Å²) in [7, 11) is 0. The first-order chi connectivity index (χ1) is 28.3. The van der Waals surface area contributed by atoms with Crippen LogP contribution in [0.3, 0.4) is 0 Å². The van der Waals surface area contributed by atoms with E-state index >= 15 is 0 Å². The molecule has 0 aliphatic heterocycles. The van der Waals surface area contributed by atoms with Gasteiger partial charge in [-0.25, -0.2) is 0 Å². The topological polar surface area (TPSA) is 14.8 Å². The quantitative estimate of drug-likeness (QED) is 0.168. The monoisotopic (exact) mass is 725 g/mol. The lowest BCUT2D eigenvalue weighted by molar-refractivity contribution is 1.17. The van der Waals surface area contributed by atoms with Crippen LogP contribution in [0.4, 0.5) is 0 Å². The number of benzene rings is 9. The highest BCUT2D eigenvalue weighted by Crippen LogP contribution is 2.46. The summed E-state index contributed by atoms with van der Waals surface area (Å²) in [5, 5.41) is 7.50. The third-order valence-corrected chi connectivity index (χ3v) is 11.8. The molecule has 0 spiro atoms. The van der Waals surface area contributed by atoms with Crippen molar-refractivity contribution < 1.29 is 0 Å². The Labute approximate surface area is 329 Å². The second-order valence-corrected chi connectivity index (χ2v) is 14.9. The molecule has 0 saturated carbocycles. The lowest BCUT2D eigenvalue weighted by Crippen LogP contribution is -1.99. The zero-order chi connectivity index (χ0) is 37.5. The normalized spacial score (nSPS) is 11.9. The highest BCUT2D eigenvalue weighted by molar-refractivity contribution is 6.29. The van der Waals surface area contributed by atoms with Crippen molar-refractivity contribution >= 4 is 65.4 Å². The zero-order valence-electron chi connectivity index (χ0n) is 31.0. The highest BCUT2D eigenvalue weighted by Gasteiger charge is 2.24. The van der Waals surface area contributed by atoms with Gasteiger partial charge in [-0.15, -0.1) is 0 Å². The summed E-state index contributed by atoms with van der Waals surface area (Å²) in [6, 6.07) is 77.4. The van der Waals surface area contributed by atoms with Crippen molar-refractivity contribution in [2.75, 3.05) is 0 Å². The maximum Gasteiger partial charge on any atom is 0.0620 e. The van der Waals surface area contributed by atoms with Crippen molar-refractivity contribution in [1.82, 2.24) is 13.7 Å². The lowest BCUT2D eigenvalue weighted by Gasteiger charge is -2.17. The summed E-state index contributed by atoms with van der Waals surface area (Å²) < 4.78 is 7.37. The molecule has 0 unspecified atom stereocenters. The Morgan fingerprint density at radius 1 is 0.263 bits per heavy atom. The van der Waals surface area contributed by atoms with Gasteiger partial charge in [-0.1, -0.05) is 146 Å². The van der Waals surface area contributed by atoms with E-state index in [1.807, 2.05) is 0 Å². The average Bonchev–Trinajstić information content (AvgIpc) is 3.93. The summed E-state index contributed by atoms with van der Waals surface area (Å²) in [4.78, 5) is 0. The molecular formula is C54H35N3. The van der Waals surface area contributed by atoms with Gasteiger partial charge >= 0.3 is 0 Å². The van der Waals surface area contributed by atoms with Gasteiger partial charge in [0.1, 0.15) is 0 Å². The number of hydrogen-bond acceptors (Lipinski definition) is 0. The fourth-order valence-corrected chi connectivity index (χ4v) is 9.47. The van der Waals surface area contributed by atoms with Crippen LogP contribution in [0.2, 0.25) is 0 Å². The molecule has 0 amide bonds. The molecule has 12 rings (SSSR count). The molecule has 0 atom stereocenters. The molecule has 3 nitrogen and oxygen atoms in total. The van der Waals surface area contributed by atoms with Crippen LogP contribution in [-0.2, 0) is 0 Å². The number of rotatable bonds is 5. The van der Waals surface area contributed by atoms with E-state index in [1.54, 1.807) is 0 Å². The van der Waals surface area contributed by atoms with Gasteiger partial charge in [0.05, 0.1) is 38.8 Å². The second kappa shape index (κ2) is 12.5. The summed E-state index contributed by atoms with van der Waals surface area (Å²) >= 11 is 0. The van der Waals surface area contributed by atoms with Crippen LogP contribution >= 0.6 is 0 Å². The largest absolute Gasteiger partial charge is 0.309 e. The van der Waals surface area contributed by atoms with E-state index in [2.05, 4.69) is 226 Å². The van der Waals surface area contributed by atoms with Crippen LogP contribution in [0.1, 0.15) is 0 Å². The molecule has 3 heterocycles. The first-order valence-electron chi connectivity index (χ1n) is 19.6. The minimum absolute atomic E-state index is 1.15. The molecular weight excluding hydrogens is 691 g/mol. The molecule has 0 bridgehead atoms. The number of para-hydroxylation sites is 6. The lowest BCUT2D eigenvalue weighted by atomic mass is 9.99. The standard InChI is InChI=1S/C54H35N3/c1-4-17-36(18-5-1)37-31-32-49-45(35-37)53-51(34-33-50-52(53)44-25-12-15-30-48(44)55(50)38-19-6-2-7-20-38)57(49)47-29-14-11-24-41(47)43-27-16-26-42-40-23-10-13-28-46(40)56(54(42)43)39-21-8-3-9-22-39/h1-35H. The molecule has 0 aliphatic carbocycles. The van der Waals surface area contributed by atoms with E-state index < -0.39 is 0 Å². The Kier molecular flexibility index (Phi) is 6.93. The van der Waals surface area contributed by atoms with Crippen LogP contribution in [0.25, 0.3) is 105 Å². The minimum Gasteiger partial charge on any atom is -0.309 e. The van der Waals surface area contributed by atoms with Gasteiger partial charge in [-0.05, 0) is 77.9 Å². The first kappa shape index (κ1) is 31.7. The first-order valence-corrected chi connectivity index (χ1v) is 19.6. The predicted molar refractivity (Wildman–Crippen MR) is 240 cm³/mol. The van der Waals surface area contributed by atoms with E-state index in [4.69, 9.17) is 0 Å². The van der Waals surface area contributed by atoms with Crippen LogP contribution in [0.15, 0.2) is 212 Å². The summed E-state index contributed by atoms with van der Waals surface area (Å²) in [6.45, 7) is 0. The van der Waals surface area contributed by atoms with E-state index in [0.717, 1.165) is 17.1 Å². The van der Waals surface area contributed by atoms with E-state index in [9.17, 15) is 0 Å². The molecule has 0 saturated heterocycles. The van der Waals surface area contributed by atoms with Crippen LogP contribution in [-0.4, -0.2) is 13.7 Å². The van der Waals surface area contributed by atoms with Crippen molar-refractivity contribution in [2.24, 2.45) is 0 Å². The van der Waals surface area contributed by atoms with E-state index in [0.29, 0.717) is 0 Å². The molecule has 9 aromatic carbocycles. The van der Waals surface area contributed by atoms with Gasteiger partial charge in [0.15, 0.2) is 0 Å². The Morgan fingerprint density at radius 2 is 0.772 bits per heavy atom. The molecule has 266 valence electrons. The van der Waals surface area contributed by atoms with Gasteiger partial charge < -0.3 is 13.7 Å². The molecule has 3 aromatic heterocycles. The zero-order valence-corrected chi connectivity index (χ0v) is 31.0. The van der Waals surface area contributed by atoms with E-state index in [-0.39, 0.29) is 0 Å². The predicted octanol–water partition coefficient (Wildman–Crippen LogP) is 14.3. The maximum absolute atomic E-state index is 2.51. The van der Waals surface area contributed by atoms with Crippen LogP contribution in [0.5, 0.6) is 0 Å². The fourth-order valence-electron chi connectivity index (χ4n) is 9.47. The Hall–Kier alpha value is -7.62.